The molecule has 0 bridgehead atoms. The number of likely N-dealkylation sites (N-methyl/N-ethyl adjacent to an activating group) is 1. The number of hydrogen-bond acceptors (Lipinski definition) is 9. The van der Waals surface area contributed by atoms with Crippen LogP contribution in [0.5, 0.6) is 5.75 Å². The molecule has 1 spiro atoms. The minimum Gasteiger partial charge on any atom is -0.492 e. The highest BCUT2D eigenvalue weighted by Crippen LogP contribution is 2.44. The van der Waals surface area contributed by atoms with Gasteiger partial charge in [0.2, 0.25) is 0 Å². The van der Waals surface area contributed by atoms with Crippen molar-refractivity contribution in [2.75, 3.05) is 45.6 Å². The van der Waals surface area contributed by atoms with Crippen molar-refractivity contribution in [3.05, 3.63) is 42.5 Å². The second-order valence-electron chi connectivity index (χ2n) is 9.90. The number of carbonyl (C=O) groups is 1. The number of anilines is 1. The summed E-state index contributed by atoms with van der Waals surface area (Å²) in [6.07, 6.45) is 4.80. The number of aliphatic hydroxyl groups is 1. The van der Waals surface area contributed by atoms with Crippen molar-refractivity contribution in [1.29, 1.82) is 0 Å². The predicted molar refractivity (Wildman–Crippen MR) is 134 cm³/mol. The Morgan fingerprint density at radius 3 is 2.69 bits per heavy atom. The van der Waals surface area contributed by atoms with Crippen molar-refractivity contribution < 1.29 is 19.4 Å². The van der Waals surface area contributed by atoms with Crippen LogP contribution in [0.15, 0.2) is 36.9 Å². The Morgan fingerprint density at radius 1 is 1.25 bits per heavy atom. The SMILES string of the molecule is CNCCOc1ccc(C(=O)N2CCC3(CC2)C[C@@](C)(O)[C@H](n2cnc4c(N)ncnc42)CO3)cc1. The zero-order valence-electron chi connectivity index (χ0n) is 20.7. The lowest BCUT2D eigenvalue weighted by Crippen LogP contribution is -2.57. The molecule has 5 rings (SSSR count). The Balaban J connectivity index is 1.22. The van der Waals surface area contributed by atoms with E-state index in [1.54, 1.807) is 18.5 Å². The fourth-order valence-corrected chi connectivity index (χ4v) is 5.32. The normalized spacial score (nSPS) is 23.8. The fourth-order valence-electron chi connectivity index (χ4n) is 5.32. The molecule has 11 heteroatoms. The molecule has 2 fully saturated rings. The van der Waals surface area contributed by atoms with Crippen molar-refractivity contribution in [1.82, 2.24) is 29.7 Å². The maximum absolute atomic E-state index is 13.1. The molecule has 0 aliphatic carbocycles. The number of rotatable bonds is 6. The molecule has 0 radical (unpaired) electrons. The standard InChI is InChI=1S/C25H33N7O4/c1-24(34)14-25(36-13-19(24)32-16-30-20-21(26)28-15-29-22(20)32)7-10-31(11-8-25)23(33)17-3-5-18(6-4-17)35-12-9-27-2/h3-6,15-16,19,27,34H,7-14H2,1-2H3,(H2,26,28,29)/t19-,24-/m1/s1. The molecular formula is C25H33N7O4. The fraction of sp³-hybridized carbons (Fsp3) is 0.520. The summed E-state index contributed by atoms with van der Waals surface area (Å²) in [4.78, 5) is 27.6. The summed E-state index contributed by atoms with van der Waals surface area (Å²) in [5.41, 5.74) is 6.12. The number of nitrogens with zero attached hydrogens (tertiary/aromatic N) is 5. The maximum Gasteiger partial charge on any atom is 0.253 e. The number of hydrogen-bond donors (Lipinski definition) is 3. The van der Waals surface area contributed by atoms with Gasteiger partial charge >= 0.3 is 0 Å². The number of imidazole rings is 1. The van der Waals surface area contributed by atoms with Gasteiger partial charge in [0.1, 0.15) is 24.2 Å². The molecule has 36 heavy (non-hydrogen) atoms. The number of fused-ring (bicyclic) bond motifs is 1. The summed E-state index contributed by atoms with van der Waals surface area (Å²) in [6, 6.07) is 6.90. The van der Waals surface area contributed by atoms with Crippen LogP contribution in [-0.2, 0) is 4.74 Å². The highest BCUT2D eigenvalue weighted by molar-refractivity contribution is 5.94. The van der Waals surface area contributed by atoms with Gasteiger partial charge in [0.05, 0.1) is 30.2 Å². The van der Waals surface area contributed by atoms with Crippen LogP contribution in [0.1, 0.15) is 42.6 Å². The summed E-state index contributed by atoms with van der Waals surface area (Å²) in [6.45, 7) is 4.60. The average Bonchev–Trinajstić information content (AvgIpc) is 3.29. The molecule has 0 saturated carbocycles. The third-order valence-electron chi connectivity index (χ3n) is 7.35. The number of aromatic nitrogens is 4. The van der Waals surface area contributed by atoms with E-state index in [0.717, 1.165) is 12.3 Å². The average molecular weight is 496 g/mol. The lowest BCUT2D eigenvalue weighted by molar-refractivity contribution is -0.194. The van der Waals surface area contributed by atoms with Gasteiger partial charge in [-0.15, -0.1) is 0 Å². The molecule has 2 atom stereocenters. The number of nitrogens with one attached hydrogen (secondary N) is 1. The molecule has 4 heterocycles. The molecule has 11 nitrogen and oxygen atoms in total. The van der Waals surface area contributed by atoms with E-state index in [1.165, 1.54) is 6.33 Å². The summed E-state index contributed by atoms with van der Waals surface area (Å²) < 4.78 is 13.9. The third-order valence-corrected chi connectivity index (χ3v) is 7.35. The summed E-state index contributed by atoms with van der Waals surface area (Å²) in [5.74, 6) is 1.04. The Bertz CT molecular complexity index is 1220. The summed E-state index contributed by atoms with van der Waals surface area (Å²) in [5, 5.41) is 14.5. The number of likely N-dealkylation sites (tertiary alicyclic amines) is 1. The highest BCUT2D eigenvalue weighted by Gasteiger charge is 2.50. The molecule has 0 unspecified atom stereocenters. The lowest BCUT2D eigenvalue weighted by atomic mass is 9.75. The van der Waals surface area contributed by atoms with Crippen LogP contribution >= 0.6 is 0 Å². The molecule has 2 saturated heterocycles. The van der Waals surface area contributed by atoms with E-state index in [4.69, 9.17) is 15.2 Å². The Labute approximate surface area is 209 Å². The van der Waals surface area contributed by atoms with E-state index in [9.17, 15) is 9.90 Å². The number of amides is 1. The smallest absolute Gasteiger partial charge is 0.253 e. The Morgan fingerprint density at radius 2 is 2.00 bits per heavy atom. The maximum atomic E-state index is 13.1. The Kier molecular flexibility index (Phi) is 6.54. The number of nitrogen functional groups attached to an aromatic ring is 1. The molecule has 2 aliphatic rings. The van der Waals surface area contributed by atoms with Gasteiger partial charge in [0.15, 0.2) is 11.5 Å². The number of carbonyl (C=O) groups excluding carboxylic acids is 1. The molecule has 4 N–H and O–H groups in total. The minimum atomic E-state index is -1.05. The minimum absolute atomic E-state index is 0.00534. The van der Waals surface area contributed by atoms with E-state index in [2.05, 4.69) is 20.3 Å². The summed E-state index contributed by atoms with van der Waals surface area (Å²) >= 11 is 0. The van der Waals surface area contributed by atoms with Crippen LogP contribution in [-0.4, -0.2) is 86.5 Å². The van der Waals surface area contributed by atoms with Gasteiger partial charge in [-0.25, -0.2) is 15.0 Å². The molecule has 1 amide bonds. The van der Waals surface area contributed by atoms with E-state index in [1.807, 2.05) is 35.6 Å². The van der Waals surface area contributed by atoms with Crippen molar-refractivity contribution in [3.63, 3.8) is 0 Å². The zero-order chi connectivity index (χ0) is 25.3. The molecule has 192 valence electrons. The number of ether oxygens (including phenoxy) is 2. The van der Waals surface area contributed by atoms with E-state index in [-0.39, 0.29) is 11.9 Å². The van der Waals surface area contributed by atoms with Gasteiger partial charge in [-0.05, 0) is 51.1 Å². The van der Waals surface area contributed by atoms with Crippen LogP contribution in [0, 0.1) is 0 Å². The van der Waals surface area contributed by atoms with Crippen molar-refractivity contribution in [2.45, 2.75) is 43.4 Å². The van der Waals surface area contributed by atoms with Gasteiger partial charge in [-0.2, -0.15) is 0 Å². The first-order chi connectivity index (χ1) is 17.3. The van der Waals surface area contributed by atoms with Gasteiger partial charge in [-0.1, -0.05) is 0 Å². The number of piperidine rings is 1. The van der Waals surface area contributed by atoms with Gasteiger partial charge in [0, 0.05) is 31.6 Å². The first-order valence-corrected chi connectivity index (χ1v) is 12.3. The van der Waals surface area contributed by atoms with Gasteiger partial charge in [-0.3, -0.25) is 4.79 Å². The van der Waals surface area contributed by atoms with Crippen molar-refractivity contribution in [3.8, 4) is 5.75 Å². The third kappa shape index (κ3) is 4.61. The van der Waals surface area contributed by atoms with Crippen LogP contribution < -0.4 is 15.8 Å². The first-order valence-electron chi connectivity index (χ1n) is 12.3. The molecule has 2 aliphatic heterocycles. The second kappa shape index (κ2) is 9.64. The topological polar surface area (TPSA) is 141 Å². The molecule has 2 aromatic heterocycles. The highest BCUT2D eigenvalue weighted by atomic mass is 16.5. The van der Waals surface area contributed by atoms with E-state index < -0.39 is 11.2 Å². The molecule has 3 aromatic rings. The molecular weight excluding hydrogens is 462 g/mol. The van der Waals surface area contributed by atoms with Crippen molar-refractivity contribution in [2.24, 2.45) is 0 Å². The number of nitrogens with two attached hydrogens (primary N) is 1. The van der Waals surface area contributed by atoms with E-state index in [0.29, 0.717) is 68.1 Å². The lowest BCUT2D eigenvalue weighted by Gasteiger charge is -2.51. The van der Waals surface area contributed by atoms with Crippen LogP contribution in [0.3, 0.4) is 0 Å². The second-order valence-corrected chi connectivity index (χ2v) is 9.90. The predicted octanol–water partition coefficient (Wildman–Crippen LogP) is 1.39. The number of benzene rings is 1. The first kappa shape index (κ1) is 24.4. The van der Waals surface area contributed by atoms with Crippen molar-refractivity contribution >= 4 is 22.9 Å². The monoisotopic (exact) mass is 495 g/mol. The van der Waals surface area contributed by atoms with Gasteiger partial charge in [0.25, 0.3) is 5.91 Å². The molecule has 1 aromatic carbocycles. The quantitative estimate of drug-likeness (QED) is 0.433. The zero-order valence-corrected chi connectivity index (χ0v) is 20.7. The largest absolute Gasteiger partial charge is 0.492 e. The van der Waals surface area contributed by atoms with Gasteiger partial charge < -0.3 is 35.1 Å². The van der Waals surface area contributed by atoms with Crippen LogP contribution in [0.4, 0.5) is 5.82 Å². The van der Waals surface area contributed by atoms with E-state index >= 15 is 0 Å². The van der Waals surface area contributed by atoms with Crippen LogP contribution in [0.25, 0.3) is 11.2 Å². The Hall–Kier alpha value is -3.28. The summed E-state index contributed by atoms with van der Waals surface area (Å²) in [7, 11) is 1.87. The van der Waals surface area contributed by atoms with Crippen LogP contribution in [0.2, 0.25) is 0 Å².